The van der Waals surface area contributed by atoms with Crippen LogP contribution in [0.3, 0.4) is 0 Å². The van der Waals surface area contributed by atoms with Crippen molar-refractivity contribution in [2.24, 2.45) is 0 Å². The molecule has 2 aromatic rings. The molecule has 0 aliphatic carbocycles. The van der Waals surface area contributed by atoms with Gasteiger partial charge in [0.25, 0.3) is 0 Å². The van der Waals surface area contributed by atoms with Gasteiger partial charge < -0.3 is 28.8 Å². The fourth-order valence-corrected chi connectivity index (χ4v) is 2.32. The van der Waals surface area contributed by atoms with Gasteiger partial charge in [-0.25, -0.2) is 19.2 Å². The first kappa shape index (κ1) is 26.3. The molecule has 10 nitrogen and oxygen atoms in total. The highest BCUT2D eigenvalue weighted by Gasteiger charge is 2.19. The van der Waals surface area contributed by atoms with Crippen molar-refractivity contribution in [3.63, 3.8) is 0 Å². The zero-order valence-corrected chi connectivity index (χ0v) is 18.3. The van der Waals surface area contributed by atoms with Gasteiger partial charge >= 0.3 is 23.9 Å². The Labute approximate surface area is 199 Å². The molecule has 0 saturated heterocycles. The standard InChI is InChI=1S/C25H20O10/c1-5-21(26)32-17-11-9-15(13-19(17)34-23(28)7-3)25(30)31-16-10-12-18(33-22(27)6-2)20(14-16)35-24(29)8-4/h5-14,21,26H,1-4H2. The molecule has 0 aliphatic heterocycles. The molecule has 180 valence electrons. The van der Waals surface area contributed by atoms with Gasteiger partial charge in [-0.1, -0.05) is 26.3 Å². The number of hydrogen-bond donors (Lipinski definition) is 1. The van der Waals surface area contributed by atoms with Gasteiger partial charge in [-0.3, -0.25) is 0 Å². The molecule has 1 N–H and O–H groups in total. The first-order chi connectivity index (χ1) is 16.7. The number of esters is 4. The minimum atomic E-state index is -1.40. The lowest BCUT2D eigenvalue weighted by Gasteiger charge is -2.14. The van der Waals surface area contributed by atoms with Crippen molar-refractivity contribution in [1.29, 1.82) is 0 Å². The Balaban J connectivity index is 2.35. The Bertz CT molecular complexity index is 1190. The van der Waals surface area contributed by atoms with Crippen LogP contribution in [0.2, 0.25) is 0 Å². The normalized spacial score (nSPS) is 10.7. The smallest absolute Gasteiger partial charge is 0.343 e. The summed E-state index contributed by atoms with van der Waals surface area (Å²) in [5.41, 5.74) is -0.0656. The molecular formula is C25H20O10. The molecule has 0 amide bonds. The van der Waals surface area contributed by atoms with Crippen LogP contribution >= 0.6 is 0 Å². The molecule has 0 heterocycles. The van der Waals surface area contributed by atoms with Crippen molar-refractivity contribution in [3.8, 4) is 28.7 Å². The van der Waals surface area contributed by atoms with Crippen LogP contribution in [0.15, 0.2) is 87.0 Å². The third-order valence-corrected chi connectivity index (χ3v) is 3.89. The Morgan fingerprint density at radius 1 is 0.686 bits per heavy atom. The number of benzene rings is 2. The second-order valence-electron chi connectivity index (χ2n) is 6.28. The highest BCUT2D eigenvalue weighted by Crippen LogP contribution is 2.33. The van der Waals surface area contributed by atoms with Crippen molar-refractivity contribution in [2.45, 2.75) is 6.29 Å². The summed E-state index contributed by atoms with van der Waals surface area (Å²) in [5, 5.41) is 9.63. The third-order valence-electron chi connectivity index (χ3n) is 3.89. The third kappa shape index (κ3) is 7.55. The highest BCUT2D eigenvalue weighted by atomic mass is 16.6. The van der Waals surface area contributed by atoms with Gasteiger partial charge in [0, 0.05) is 24.3 Å². The largest absolute Gasteiger partial charge is 0.458 e. The van der Waals surface area contributed by atoms with Gasteiger partial charge in [0.05, 0.1) is 5.56 Å². The van der Waals surface area contributed by atoms with E-state index in [0.717, 1.165) is 36.4 Å². The molecular weight excluding hydrogens is 460 g/mol. The van der Waals surface area contributed by atoms with E-state index in [1.54, 1.807) is 0 Å². The summed E-state index contributed by atoms with van der Waals surface area (Å²) in [6, 6.07) is 7.36. The van der Waals surface area contributed by atoms with E-state index in [1.165, 1.54) is 24.3 Å². The number of aliphatic hydroxyl groups is 1. The molecule has 0 bridgehead atoms. The van der Waals surface area contributed by atoms with E-state index in [0.29, 0.717) is 0 Å². The molecule has 2 aromatic carbocycles. The van der Waals surface area contributed by atoms with Crippen molar-refractivity contribution in [2.75, 3.05) is 0 Å². The molecule has 0 spiro atoms. The summed E-state index contributed by atoms with van der Waals surface area (Å²) < 4.78 is 25.6. The predicted octanol–water partition coefficient (Wildman–Crippen LogP) is 3.06. The summed E-state index contributed by atoms with van der Waals surface area (Å²) in [7, 11) is 0. The SMILES string of the molecule is C=CC(=O)Oc1ccc(OC(=O)c2ccc(OC(O)C=C)c(OC(=O)C=C)c2)cc1OC(=O)C=C. The van der Waals surface area contributed by atoms with E-state index in [1.807, 2.05) is 0 Å². The van der Waals surface area contributed by atoms with Crippen LogP contribution in [-0.4, -0.2) is 35.3 Å². The van der Waals surface area contributed by atoms with Crippen LogP contribution in [0.5, 0.6) is 28.7 Å². The lowest BCUT2D eigenvalue weighted by molar-refractivity contribution is -0.131. The van der Waals surface area contributed by atoms with Crippen molar-refractivity contribution < 1.29 is 48.0 Å². The van der Waals surface area contributed by atoms with Crippen molar-refractivity contribution in [3.05, 3.63) is 92.6 Å². The Kier molecular flexibility index (Phi) is 9.26. The van der Waals surface area contributed by atoms with Gasteiger partial charge in [-0.2, -0.15) is 0 Å². The van der Waals surface area contributed by atoms with Crippen LogP contribution in [-0.2, 0) is 14.4 Å². The fraction of sp³-hybridized carbons (Fsp3) is 0.0400. The molecule has 0 saturated carbocycles. The van der Waals surface area contributed by atoms with Crippen LogP contribution in [0.25, 0.3) is 0 Å². The molecule has 1 unspecified atom stereocenters. The van der Waals surface area contributed by atoms with Crippen LogP contribution in [0, 0.1) is 0 Å². The van der Waals surface area contributed by atoms with E-state index in [2.05, 4.69) is 26.3 Å². The monoisotopic (exact) mass is 480 g/mol. The van der Waals surface area contributed by atoms with Crippen LogP contribution in [0.1, 0.15) is 10.4 Å². The zero-order chi connectivity index (χ0) is 26.0. The number of ether oxygens (including phenoxy) is 5. The van der Waals surface area contributed by atoms with Crippen molar-refractivity contribution in [1.82, 2.24) is 0 Å². The second-order valence-corrected chi connectivity index (χ2v) is 6.28. The first-order valence-corrected chi connectivity index (χ1v) is 9.71. The number of hydrogen-bond acceptors (Lipinski definition) is 10. The average molecular weight is 480 g/mol. The molecule has 0 aromatic heterocycles. The van der Waals surface area contributed by atoms with Gasteiger partial charge in [0.2, 0.25) is 6.29 Å². The van der Waals surface area contributed by atoms with E-state index >= 15 is 0 Å². The summed E-state index contributed by atoms with van der Waals surface area (Å²) >= 11 is 0. The Morgan fingerprint density at radius 3 is 1.74 bits per heavy atom. The van der Waals surface area contributed by atoms with Gasteiger partial charge in [-0.05, 0) is 36.4 Å². The fourth-order valence-electron chi connectivity index (χ4n) is 2.32. The quantitative estimate of drug-likeness (QED) is 0.168. The summed E-state index contributed by atoms with van der Waals surface area (Å²) in [4.78, 5) is 47.5. The van der Waals surface area contributed by atoms with E-state index in [9.17, 15) is 24.3 Å². The zero-order valence-electron chi connectivity index (χ0n) is 18.3. The molecule has 10 heteroatoms. The lowest BCUT2D eigenvalue weighted by atomic mass is 10.2. The van der Waals surface area contributed by atoms with Crippen LogP contribution < -0.4 is 23.7 Å². The molecule has 0 radical (unpaired) electrons. The van der Waals surface area contributed by atoms with E-state index < -0.39 is 30.2 Å². The number of rotatable bonds is 11. The minimum Gasteiger partial charge on any atom is -0.458 e. The van der Waals surface area contributed by atoms with Gasteiger partial charge in [0.15, 0.2) is 23.0 Å². The second kappa shape index (κ2) is 12.3. The molecule has 1 atom stereocenters. The maximum atomic E-state index is 12.7. The predicted molar refractivity (Wildman–Crippen MR) is 122 cm³/mol. The maximum Gasteiger partial charge on any atom is 0.343 e. The topological polar surface area (TPSA) is 135 Å². The van der Waals surface area contributed by atoms with Gasteiger partial charge in [-0.15, -0.1) is 0 Å². The molecule has 0 aliphatic rings. The van der Waals surface area contributed by atoms with Crippen molar-refractivity contribution >= 4 is 23.9 Å². The number of carbonyl (C=O) groups is 4. The summed E-state index contributed by atoms with van der Waals surface area (Å²) in [5.74, 6) is -4.09. The summed E-state index contributed by atoms with van der Waals surface area (Å²) in [6.45, 7) is 13.2. The Hall–Kier alpha value is -4.96. The molecule has 0 fully saturated rings. The van der Waals surface area contributed by atoms with Gasteiger partial charge in [0.1, 0.15) is 5.75 Å². The van der Waals surface area contributed by atoms with Crippen LogP contribution in [0.4, 0.5) is 0 Å². The first-order valence-electron chi connectivity index (χ1n) is 9.71. The Morgan fingerprint density at radius 2 is 1.20 bits per heavy atom. The highest BCUT2D eigenvalue weighted by molar-refractivity contribution is 5.93. The number of carbonyl (C=O) groups excluding carboxylic acids is 4. The number of aliphatic hydroxyl groups excluding tert-OH is 1. The molecule has 2 rings (SSSR count). The summed E-state index contributed by atoms with van der Waals surface area (Å²) in [6.07, 6.45) is 2.38. The minimum absolute atomic E-state index is 0.0591. The lowest BCUT2D eigenvalue weighted by Crippen LogP contribution is -2.15. The molecule has 35 heavy (non-hydrogen) atoms. The maximum absolute atomic E-state index is 12.7. The van der Waals surface area contributed by atoms with E-state index in [4.69, 9.17) is 23.7 Å². The average Bonchev–Trinajstić information content (AvgIpc) is 2.85. The van der Waals surface area contributed by atoms with E-state index in [-0.39, 0.29) is 34.3 Å².